The maximum atomic E-state index is 9.77. The Bertz CT molecular complexity index is 336. The molecular formula is C12H16O3. The van der Waals surface area contributed by atoms with Gasteiger partial charge in [0.15, 0.2) is 0 Å². The molecule has 0 amide bonds. The summed E-state index contributed by atoms with van der Waals surface area (Å²) in [4.78, 5) is 9.44. The van der Waals surface area contributed by atoms with Crippen LogP contribution in [0.5, 0.6) is 0 Å². The molecule has 15 heavy (non-hydrogen) atoms. The number of fused-ring (bicyclic) bond motifs is 1. The number of aryl methyl sites for hydroxylation is 1. The van der Waals surface area contributed by atoms with E-state index in [-0.39, 0.29) is 6.10 Å². The van der Waals surface area contributed by atoms with Crippen molar-refractivity contribution >= 4 is 0 Å². The lowest BCUT2D eigenvalue weighted by Crippen LogP contribution is -2.09. The molecule has 1 aliphatic rings. The highest BCUT2D eigenvalue weighted by Crippen LogP contribution is 2.30. The van der Waals surface area contributed by atoms with Gasteiger partial charge in [0.25, 0.3) is 0 Å². The minimum Gasteiger partial charge on any atom is -0.388 e. The second-order valence-electron chi connectivity index (χ2n) is 3.87. The highest BCUT2D eigenvalue weighted by atomic mass is 17.2. The van der Waals surface area contributed by atoms with E-state index >= 15 is 0 Å². The third-order valence-electron chi connectivity index (χ3n) is 2.83. The molecule has 1 N–H and O–H groups in total. The summed E-state index contributed by atoms with van der Waals surface area (Å²) in [6.45, 7) is 0.458. The van der Waals surface area contributed by atoms with Crippen LogP contribution in [0.1, 0.15) is 35.6 Å². The first-order valence-electron chi connectivity index (χ1n) is 5.26. The van der Waals surface area contributed by atoms with Gasteiger partial charge < -0.3 is 5.11 Å². The van der Waals surface area contributed by atoms with E-state index < -0.39 is 0 Å². The van der Waals surface area contributed by atoms with Crippen molar-refractivity contribution in [3.05, 3.63) is 34.9 Å². The monoisotopic (exact) mass is 208 g/mol. The molecule has 3 nitrogen and oxygen atoms in total. The van der Waals surface area contributed by atoms with Gasteiger partial charge in [0, 0.05) is 0 Å². The molecule has 1 aliphatic carbocycles. The third-order valence-corrected chi connectivity index (χ3v) is 2.83. The Balaban J connectivity index is 2.18. The second kappa shape index (κ2) is 4.75. The highest BCUT2D eigenvalue weighted by molar-refractivity contribution is 5.35. The molecule has 0 bridgehead atoms. The van der Waals surface area contributed by atoms with Gasteiger partial charge in [0.2, 0.25) is 0 Å². The van der Waals surface area contributed by atoms with Crippen LogP contribution in [-0.2, 0) is 22.8 Å². The molecule has 0 fully saturated rings. The highest BCUT2D eigenvalue weighted by Gasteiger charge is 2.17. The lowest BCUT2D eigenvalue weighted by Gasteiger charge is -2.21. The number of aliphatic hydroxyl groups excluding tert-OH is 1. The van der Waals surface area contributed by atoms with E-state index in [1.54, 1.807) is 0 Å². The predicted molar refractivity (Wildman–Crippen MR) is 56.1 cm³/mol. The van der Waals surface area contributed by atoms with Crippen LogP contribution in [0.15, 0.2) is 18.2 Å². The van der Waals surface area contributed by atoms with E-state index in [2.05, 4.69) is 11.0 Å². The van der Waals surface area contributed by atoms with E-state index in [1.165, 1.54) is 12.7 Å². The van der Waals surface area contributed by atoms with Gasteiger partial charge in [-0.2, -0.15) is 0 Å². The van der Waals surface area contributed by atoms with Crippen LogP contribution < -0.4 is 0 Å². The fourth-order valence-electron chi connectivity index (χ4n) is 2.06. The van der Waals surface area contributed by atoms with Crippen LogP contribution >= 0.6 is 0 Å². The van der Waals surface area contributed by atoms with Crippen molar-refractivity contribution < 1.29 is 14.9 Å². The molecular weight excluding hydrogens is 192 g/mol. The van der Waals surface area contributed by atoms with Gasteiger partial charge >= 0.3 is 0 Å². The number of hydrogen-bond donors (Lipinski definition) is 1. The van der Waals surface area contributed by atoms with Crippen LogP contribution in [0, 0.1) is 0 Å². The van der Waals surface area contributed by atoms with Gasteiger partial charge in [-0.1, -0.05) is 18.2 Å². The Kier molecular flexibility index (Phi) is 3.36. The number of benzene rings is 1. The quantitative estimate of drug-likeness (QED) is 0.611. The summed E-state index contributed by atoms with van der Waals surface area (Å²) >= 11 is 0. The van der Waals surface area contributed by atoms with Crippen molar-refractivity contribution in [1.82, 2.24) is 0 Å². The van der Waals surface area contributed by atoms with Crippen LogP contribution in [0.25, 0.3) is 0 Å². The smallest absolute Gasteiger partial charge is 0.107 e. The van der Waals surface area contributed by atoms with Crippen molar-refractivity contribution in [2.45, 2.75) is 32.0 Å². The zero-order valence-corrected chi connectivity index (χ0v) is 8.90. The SMILES string of the molecule is COOCc1ccc2c(c1)CCCC2O. The molecule has 82 valence electrons. The molecule has 0 saturated carbocycles. The molecule has 0 saturated heterocycles. The van der Waals surface area contributed by atoms with Gasteiger partial charge in [-0.25, -0.2) is 9.78 Å². The molecule has 0 radical (unpaired) electrons. The maximum Gasteiger partial charge on any atom is 0.107 e. The van der Waals surface area contributed by atoms with E-state index in [1.807, 2.05) is 12.1 Å². The van der Waals surface area contributed by atoms with Crippen LogP contribution in [-0.4, -0.2) is 12.2 Å². The Morgan fingerprint density at radius 3 is 3.13 bits per heavy atom. The van der Waals surface area contributed by atoms with Gasteiger partial charge in [0.1, 0.15) is 6.61 Å². The fourth-order valence-corrected chi connectivity index (χ4v) is 2.06. The normalized spacial score (nSPS) is 20.0. The van der Waals surface area contributed by atoms with Crippen molar-refractivity contribution in [2.75, 3.05) is 7.11 Å². The topological polar surface area (TPSA) is 38.7 Å². The molecule has 1 atom stereocenters. The van der Waals surface area contributed by atoms with Crippen molar-refractivity contribution in [1.29, 1.82) is 0 Å². The maximum absolute atomic E-state index is 9.77. The van der Waals surface area contributed by atoms with Gasteiger partial charge in [-0.15, -0.1) is 0 Å². The summed E-state index contributed by atoms with van der Waals surface area (Å²) in [5.74, 6) is 0. The summed E-state index contributed by atoms with van der Waals surface area (Å²) < 4.78 is 0. The molecule has 1 unspecified atom stereocenters. The molecule has 0 spiro atoms. The summed E-state index contributed by atoms with van der Waals surface area (Å²) in [5.41, 5.74) is 3.40. The number of rotatable bonds is 3. The first-order chi connectivity index (χ1) is 7.31. The van der Waals surface area contributed by atoms with E-state index in [0.717, 1.165) is 30.4 Å². The molecule has 3 heteroatoms. The third kappa shape index (κ3) is 2.37. The second-order valence-corrected chi connectivity index (χ2v) is 3.87. The first-order valence-corrected chi connectivity index (χ1v) is 5.26. The lowest BCUT2D eigenvalue weighted by molar-refractivity contribution is -0.282. The number of aliphatic hydroxyl groups is 1. The Labute approximate surface area is 89.6 Å². The van der Waals surface area contributed by atoms with Crippen molar-refractivity contribution in [3.63, 3.8) is 0 Å². The molecule has 0 aliphatic heterocycles. The van der Waals surface area contributed by atoms with Gasteiger partial charge in [-0.3, -0.25) is 0 Å². The first kappa shape index (κ1) is 10.6. The summed E-state index contributed by atoms with van der Waals surface area (Å²) in [6, 6.07) is 6.07. The van der Waals surface area contributed by atoms with Crippen molar-refractivity contribution in [2.24, 2.45) is 0 Å². The average Bonchev–Trinajstić information content (AvgIpc) is 2.26. The Hall–Kier alpha value is -0.900. The predicted octanol–water partition coefficient (Wildman–Crippen LogP) is 2.13. The Morgan fingerprint density at radius 2 is 2.33 bits per heavy atom. The minimum atomic E-state index is -0.286. The Morgan fingerprint density at radius 1 is 1.47 bits per heavy atom. The summed E-state index contributed by atoms with van der Waals surface area (Å²) in [7, 11) is 1.50. The number of hydrogen-bond acceptors (Lipinski definition) is 3. The van der Waals surface area contributed by atoms with E-state index in [4.69, 9.17) is 4.89 Å². The van der Waals surface area contributed by atoms with Crippen LogP contribution in [0.4, 0.5) is 0 Å². The van der Waals surface area contributed by atoms with E-state index in [0.29, 0.717) is 6.61 Å². The van der Waals surface area contributed by atoms with Crippen molar-refractivity contribution in [3.8, 4) is 0 Å². The minimum absolute atomic E-state index is 0.286. The molecule has 1 aromatic rings. The summed E-state index contributed by atoms with van der Waals surface area (Å²) in [6.07, 6.45) is 2.70. The standard InChI is InChI=1S/C12H16O3/c1-14-15-8-9-5-6-11-10(7-9)3-2-4-12(11)13/h5-7,12-13H,2-4,8H2,1H3. The average molecular weight is 208 g/mol. The van der Waals surface area contributed by atoms with E-state index in [9.17, 15) is 5.11 Å². The van der Waals surface area contributed by atoms with Crippen LogP contribution in [0.3, 0.4) is 0 Å². The largest absolute Gasteiger partial charge is 0.388 e. The van der Waals surface area contributed by atoms with Crippen LogP contribution in [0.2, 0.25) is 0 Å². The fraction of sp³-hybridized carbons (Fsp3) is 0.500. The molecule has 0 heterocycles. The molecule has 0 aromatic heterocycles. The zero-order chi connectivity index (χ0) is 10.7. The van der Waals surface area contributed by atoms with Gasteiger partial charge in [-0.05, 0) is 36.0 Å². The summed E-state index contributed by atoms with van der Waals surface area (Å²) in [5, 5.41) is 9.77. The molecule has 1 aromatic carbocycles. The molecule has 2 rings (SSSR count). The van der Waals surface area contributed by atoms with Gasteiger partial charge in [0.05, 0.1) is 13.2 Å². The zero-order valence-electron chi connectivity index (χ0n) is 8.90. The lowest BCUT2D eigenvalue weighted by atomic mass is 9.88.